The Morgan fingerprint density at radius 2 is 1.36 bits per heavy atom. The van der Waals surface area contributed by atoms with E-state index in [9.17, 15) is 8.92 Å². The lowest BCUT2D eigenvalue weighted by Crippen LogP contribution is -2.47. The van der Waals surface area contributed by atoms with Gasteiger partial charge in [0.05, 0.1) is 0 Å². The molecule has 0 spiro atoms. The maximum atomic E-state index is 13.5. The molecule has 0 aliphatic heterocycles. The number of halogens is 2. The van der Waals surface area contributed by atoms with Gasteiger partial charge in [-0.15, -0.1) is 0 Å². The molecule has 3 heteroatoms. The Hall–Kier alpha value is -0.180. The third-order valence-corrected chi connectivity index (χ3v) is 3.25. The Labute approximate surface area is 64.6 Å². The Kier molecular flexibility index (Phi) is 1.46. The van der Waals surface area contributed by atoms with Crippen LogP contribution in [0.5, 0.6) is 0 Å². The summed E-state index contributed by atoms with van der Waals surface area (Å²) in [5, 5.41) is 0. The molecule has 0 aromatic heterocycles. The van der Waals surface area contributed by atoms with E-state index < -0.39 is 11.3 Å². The van der Waals surface area contributed by atoms with Gasteiger partial charge in [0.2, 0.25) is 0 Å². The van der Waals surface area contributed by atoms with Gasteiger partial charge >= 0.3 is 0 Å². The highest BCUT2D eigenvalue weighted by molar-refractivity contribution is 5.01. The standard InChI is InChI=1S/C8H12F2O/c9-7-1-4-8(11-10,5-2-7)6-3-7/h1-6H2. The minimum Gasteiger partial charge on any atom is -0.244 e. The van der Waals surface area contributed by atoms with Crippen LogP contribution in [0, 0.1) is 0 Å². The molecule has 0 saturated heterocycles. The van der Waals surface area contributed by atoms with E-state index >= 15 is 0 Å². The summed E-state index contributed by atoms with van der Waals surface area (Å²) in [6.07, 6.45) is 3.12. The average Bonchev–Trinajstić information content (AvgIpc) is 2.07. The Morgan fingerprint density at radius 3 is 1.73 bits per heavy atom. The van der Waals surface area contributed by atoms with Gasteiger partial charge in [-0.3, -0.25) is 0 Å². The van der Waals surface area contributed by atoms with E-state index in [4.69, 9.17) is 0 Å². The summed E-state index contributed by atoms with van der Waals surface area (Å²) in [6, 6.07) is 0. The predicted octanol–water partition coefficient (Wildman–Crippen LogP) is 2.70. The Bertz CT molecular complexity index is 145. The number of alkyl halides is 1. The van der Waals surface area contributed by atoms with Crippen LogP contribution in [0.15, 0.2) is 0 Å². The quantitative estimate of drug-likeness (QED) is 0.576. The van der Waals surface area contributed by atoms with E-state index in [0.717, 1.165) is 0 Å². The molecule has 3 fully saturated rings. The lowest BCUT2D eigenvalue weighted by atomic mass is 9.66. The van der Waals surface area contributed by atoms with Gasteiger partial charge in [0.1, 0.15) is 11.3 Å². The summed E-state index contributed by atoms with van der Waals surface area (Å²) in [5.41, 5.74) is -1.59. The zero-order valence-electron chi connectivity index (χ0n) is 6.41. The van der Waals surface area contributed by atoms with Crippen molar-refractivity contribution < 1.29 is 13.9 Å². The molecule has 3 rings (SSSR count). The molecule has 1 nitrogen and oxygen atoms in total. The monoisotopic (exact) mass is 162 g/mol. The Balaban J connectivity index is 2.12. The van der Waals surface area contributed by atoms with Crippen LogP contribution in [0.1, 0.15) is 38.5 Å². The van der Waals surface area contributed by atoms with Gasteiger partial charge in [0.25, 0.3) is 0 Å². The average molecular weight is 162 g/mol. The van der Waals surface area contributed by atoms with Crippen LogP contribution in [0.25, 0.3) is 0 Å². The molecule has 2 bridgehead atoms. The minimum atomic E-state index is -0.986. The van der Waals surface area contributed by atoms with E-state index in [1.54, 1.807) is 0 Å². The van der Waals surface area contributed by atoms with Gasteiger partial charge in [-0.25, -0.2) is 4.39 Å². The third kappa shape index (κ3) is 1.06. The molecule has 3 saturated carbocycles. The molecule has 3 aliphatic rings. The lowest BCUT2D eigenvalue weighted by molar-refractivity contribution is -0.273. The smallest absolute Gasteiger partial charge is 0.111 e. The lowest BCUT2D eigenvalue weighted by Gasteiger charge is -2.46. The van der Waals surface area contributed by atoms with Crippen LogP contribution in [0.4, 0.5) is 8.92 Å². The first-order chi connectivity index (χ1) is 5.18. The van der Waals surface area contributed by atoms with Gasteiger partial charge in [-0.1, -0.05) is 0 Å². The number of hydrogen-bond acceptors (Lipinski definition) is 1. The molecule has 0 atom stereocenters. The van der Waals surface area contributed by atoms with Gasteiger partial charge in [-0.2, -0.15) is 4.94 Å². The van der Waals surface area contributed by atoms with Crippen molar-refractivity contribution in [2.75, 3.05) is 0 Å². The molecule has 0 aromatic rings. The maximum Gasteiger partial charge on any atom is 0.111 e. The van der Waals surface area contributed by atoms with Crippen LogP contribution in [-0.4, -0.2) is 11.3 Å². The molecule has 3 aliphatic carbocycles. The molecule has 0 radical (unpaired) electrons. The fourth-order valence-corrected chi connectivity index (χ4v) is 2.22. The van der Waals surface area contributed by atoms with Crippen molar-refractivity contribution in [3.8, 4) is 0 Å². The van der Waals surface area contributed by atoms with E-state index in [0.29, 0.717) is 38.5 Å². The summed E-state index contributed by atoms with van der Waals surface area (Å²) < 4.78 is 25.5. The number of fused-ring (bicyclic) bond motifs is 3. The largest absolute Gasteiger partial charge is 0.244 e. The van der Waals surface area contributed by atoms with Crippen LogP contribution in [0.2, 0.25) is 0 Å². The van der Waals surface area contributed by atoms with E-state index in [-0.39, 0.29) is 0 Å². The fourth-order valence-electron chi connectivity index (χ4n) is 2.22. The first-order valence-corrected chi connectivity index (χ1v) is 4.17. The van der Waals surface area contributed by atoms with Crippen molar-refractivity contribution in [1.82, 2.24) is 0 Å². The molecule has 11 heavy (non-hydrogen) atoms. The van der Waals surface area contributed by atoms with Crippen molar-refractivity contribution in [2.24, 2.45) is 0 Å². The normalized spacial score (nSPS) is 49.6. The van der Waals surface area contributed by atoms with E-state index in [2.05, 4.69) is 4.94 Å². The molecule has 0 unspecified atom stereocenters. The summed E-state index contributed by atoms with van der Waals surface area (Å²) >= 11 is 0. The predicted molar refractivity (Wildman–Crippen MR) is 36.5 cm³/mol. The Morgan fingerprint density at radius 1 is 0.909 bits per heavy atom. The fraction of sp³-hybridized carbons (Fsp3) is 1.00. The van der Waals surface area contributed by atoms with Gasteiger partial charge < -0.3 is 0 Å². The summed E-state index contributed by atoms with van der Waals surface area (Å²) in [4.78, 5) is 3.94. The highest BCUT2D eigenvalue weighted by Gasteiger charge is 2.50. The molecule has 0 N–H and O–H groups in total. The number of rotatable bonds is 1. The van der Waals surface area contributed by atoms with Crippen molar-refractivity contribution in [3.05, 3.63) is 0 Å². The van der Waals surface area contributed by atoms with Crippen molar-refractivity contribution in [1.29, 1.82) is 0 Å². The summed E-state index contributed by atoms with van der Waals surface area (Å²) in [6.45, 7) is 0. The van der Waals surface area contributed by atoms with Crippen LogP contribution >= 0.6 is 0 Å². The van der Waals surface area contributed by atoms with Gasteiger partial charge in [-0.05, 0) is 43.1 Å². The summed E-state index contributed by atoms with van der Waals surface area (Å²) in [7, 11) is 0. The summed E-state index contributed by atoms with van der Waals surface area (Å²) in [5.74, 6) is 0. The van der Waals surface area contributed by atoms with Crippen molar-refractivity contribution >= 4 is 0 Å². The second-order valence-electron chi connectivity index (χ2n) is 3.91. The van der Waals surface area contributed by atoms with E-state index in [1.165, 1.54) is 0 Å². The van der Waals surface area contributed by atoms with Crippen LogP contribution < -0.4 is 0 Å². The van der Waals surface area contributed by atoms with Crippen molar-refractivity contribution in [2.45, 2.75) is 49.8 Å². The second-order valence-corrected chi connectivity index (χ2v) is 3.91. The second kappa shape index (κ2) is 2.16. The van der Waals surface area contributed by atoms with Gasteiger partial charge in [0, 0.05) is 0 Å². The highest BCUT2D eigenvalue weighted by Crippen LogP contribution is 2.50. The molecular weight excluding hydrogens is 150 g/mol. The highest BCUT2D eigenvalue weighted by atomic mass is 19.3. The van der Waals surface area contributed by atoms with Crippen LogP contribution in [-0.2, 0) is 4.94 Å². The minimum absolute atomic E-state index is 0.483. The number of hydrogen-bond donors (Lipinski definition) is 0. The zero-order chi connectivity index (χ0) is 7.95. The molecule has 0 heterocycles. The SMILES string of the molecule is FOC12CCC(F)(CC1)CC2. The third-order valence-electron chi connectivity index (χ3n) is 3.25. The first-order valence-electron chi connectivity index (χ1n) is 4.17. The molecule has 0 amide bonds. The zero-order valence-corrected chi connectivity index (χ0v) is 6.41. The van der Waals surface area contributed by atoms with Crippen molar-refractivity contribution in [3.63, 3.8) is 0 Å². The van der Waals surface area contributed by atoms with Gasteiger partial charge in [0.15, 0.2) is 0 Å². The molecule has 0 aromatic carbocycles. The topological polar surface area (TPSA) is 9.23 Å². The molecular formula is C8H12F2O. The van der Waals surface area contributed by atoms with E-state index in [1.807, 2.05) is 0 Å². The first kappa shape index (κ1) is 7.47. The van der Waals surface area contributed by atoms with Crippen LogP contribution in [0.3, 0.4) is 0 Å². The maximum absolute atomic E-state index is 13.5. The molecule has 64 valence electrons.